The highest BCUT2D eigenvalue weighted by molar-refractivity contribution is 5.25. The van der Waals surface area contributed by atoms with E-state index in [9.17, 15) is 0 Å². The van der Waals surface area contributed by atoms with Gasteiger partial charge in [0, 0.05) is 6.04 Å². The van der Waals surface area contributed by atoms with Crippen molar-refractivity contribution in [1.82, 2.24) is 5.32 Å². The van der Waals surface area contributed by atoms with Gasteiger partial charge in [0.2, 0.25) is 0 Å². The summed E-state index contributed by atoms with van der Waals surface area (Å²) in [4.78, 5) is 0. The van der Waals surface area contributed by atoms with Gasteiger partial charge in [0.15, 0.2) is 0 Å². The first kappa shape index (κ1) is 13.9. The molecule has 0 radical (unpaired) electrons. The van der Waals surface area contributed by atoms with Gasteiger partial charge in [-0.15, -0.1) is 0 Å². The summed E-state index contributed by atoms with van der Waals surface area (Å²) in [6.07, 6.45) is 4.07. The Kier molecular flexibility index (Phi) is 4.80. The number of aryl methyl sites for hydroxylation is 1. The quantitative estimate of drug-likeness (QED) is 0.815. The van der Waals surface area contributed by atoms with Crippen LogP contribution in [0.25, 0.3) is 0 Å². The van der Waals surface area contributed by atoms with E-state index in [4.69, 9.17) is 4.42 Å². The van der Waals surface area contributed by atoms with Crippen LogP contribution in [-0.4, -0.2) is 0 Å². The van der Waals surface area contributed by atoms with Crippen LogP contribution in [-0.2, 0) is 6.42 Å². The lowest BCUT2D eigenvalue weighted by Crippen LogP contribution is -2.22. The number of nitrogens with one attached hydrogen (secondary N) is 1. The molecule has 2 heteroatoms. The molecule has 2 atom stereocenters. The van der Waals surface area contributed by atoms with Crippen LogP contribution in [0, 0.1) is 0 Å². The summed E-state index contributed by atoms with van der Waals surface area (Å²) in [7, 11) is 0. The summed E-state index contributed by atoms with van der Waals surface area (Å²) >= 11 is 0. The van der Waals surface area contributed by atoms with E-state index in [1.165, 1.54) is 17.5 Å². The smallest absolute Gasteiger partial charge is 0.120 e. The van der Waals surface area contributed by atoms with Gasteiger partial charge < -0.3 is 9.73 Å². The van der Waals surface area contributed by atoms with E-state index in [0.717, 1.165) is 12.2 Å². The summed E-state index contributed by atoms with van der Waals surface area (Å²) < 4.78 is 5.42. The van der Waals surface area contributed by atoms with Crippen LogP contribution in [0.3, 0.4) is 0 Å². The number of furan rings is 1. The molecule has 1 heterocycles. The van der Waals surface area contributed by atoms with E-state index >= 15 is 0 Å². The maximum absolute atomic E-state index is 5.42. The minimum absolute atomic E-state index is 0.223. The Morgan fingerprint density at radius 1 is 1.05 bits per heavy atom. The van der Waals surface area contributed by atoms with Gasteiger partial charge in [0.25, 0.3) is 0 Å². The molecular weight excluding hydrogens is 234 g/mol. The van der Waals surface area contributed by atoms with Crippen molar-refractivity contribution < 1.29 is 4.42 Å². The van der Waals surface area contributed by atoms with E-state index < -0.39 is 0 Å². The van der Waals surface area contributed by atoms with Gasteiger partial charge in [-0.1, -0.05) is 37.6 Å². The van der Waals surface area contributed by atoms with Crippen molar-refractivity contribution in [3.8, 4) is 0 Å². The second-order valence-electron chi connectivity index (χ2n) is 5.12. The minimum atomic E-state index is 0.223. The van der Waals surface area contributed by atoms with E-state index in [1.54, 1.807) is 6.26 Å². The van der Waals surface area contributed by atoms with Gasteiger partial charge in [0.1, 0.15) is 5.76 Å². The molecule has 1 aromatic heterocycles. The fraction of sp³-hybridized carbons (Fsp3) is 0.412. The number of rotatable bonds is 6. The molecule has 0 aliphatic rings. The molecule has 0 saturated carbocycles. The molecule has 1 N–H and O–H groups in total. The monoisotopic (exact) mass is 257 g/mol. The highest BCUT2D eigenvalue weighted by Gasteiger charge is 2.12. The molecule has 19 heavy (non-hydrogen) atoms. The second-order valence-corrected chi connectivity index (χ2v) is 5.12. The van der Waals surface area contributed by atoms with Crippen LogP contribution in [0.4, 0.5) is 0 Å². The highest BCUT2D eigenvalue weighted by atomic mass is 16.3. The lowest BCUT2D eigenvalue weighted by Gasteiger charge is -2.19. The molecule has 2 aromatic rings. The molecular formula is C17H23NO. The van der Waals surface area contributed by atoms with Gasteiger partial charge in [-0.25, -0.2) is 0 Å². The zero-order chi connectivity index (χ0) is 13.7. The Morgan fingerprint density at radius 2 is 1.79 bits per heavy atom. The van der Waals surface area contributed by atoms with Crippen molar-refractivity contribution in [2.24, 2.45) is 0 Å². The maximum Gasteiger partial charge on any atom is 0.120 e. The van der Waals surface area contributed by atoms with Crippen LogP contribution in [0.1, 0.15) is 56.2 Å². The Balaban J connectivity index is 1.97. The van der Waals surface area contributed by atoms with E-state index in [0.29, 0.717) is 6.04 Å². The molecule has 1 aromatic carbocycles. The van der Waals surface area contributed by atoms with Crippen LogP contribution in [0.5, 0.6) is 0 Å². The average molecular weight is 257 g/mol. The first-order valence-corrected chi connectivity index (χ1v) is 7.09. The van der Waals surface area contributed by atoms with Crippen molar-refractivity contribution in [3.05, 3.63) is 59.5 Å². The van der Waals surface area contributed by atoms with E-state index in [1.807, 2.05) is 12.1 Å². The standard InChI is InChI=1S/C17H23NO/c1-4-6-15-8-10-16(11-9-15)13(2)18-14(3)17-7-5-12-19-17/h5,7-14,18H,4,6H2,1-3H3/t13?,14-/m1/s1. The second kappa shape index (κ2) is 6.58. The maximum atomic E-state index is 5.42. The summed E-state index contributed by atoms with van der Waals surface area (Å²) in [5.41, 5.74) is 2.73. The molecule has 0 bridgehead atoms. The third-order valence-electron chi connectivity index (χ3n) is 3.49. The Bertz CT molecular complexity index is 472. The molecule has 0 saturated heterocycles. The molecule has 1 unspecified atom stereocenters. The normalized spacial score (nSPS) is 14.3. The van der Waals surface area contributed by atoms with E-state index in [-0.39, 0.29) is 6.04 Å². The molecule has 102 valence electrons. The van der Waals surface area contributed by atoms with Gasteiger partial charge in [0.05, 0.1) is 12.3 Å². The first-order valence-electron chi connectivity index (χ1n) is 7.09. The molecule has 0 fully saturated rings. The van der Waals surface area contributed by atoms with Crippen molar-refractivity contribution in [2.45, 2.75) is 45.7 Å². The lowest BCUT2D eigenvalue weighted by atomic mass is 10.0. The van der Waals surface area contributed by atoms with Gasteiger partial charge in [-0.05, 0) is 43.5 Å². The third kappa shape index (κ3) is 3.71. The fourth-order valence-electron chi connectivity index (χ4n) is 2.35. The molecule has 0 amide bonds. The highest BCUT2D eigenvalue weighted by Crippen LogP contribution is 2.20. The molecule has 0 aliphatic carbocycles. The Morgan fingerprint density at radius 3 is 2.37 bits per heavy atom. The summed E-state index contributed by atoms with van der Waals surface area (Å²) in [6, 6.07) is 13.4. The number of hydrogen-bond acceptors (Lipinski definition) is 2. The SMILES string of the molecule is CCCc1ccc(C(C)N[C@H](C)c2ccco2)cc1. The largest absolute Gasteiger partial charge is 0.468 e. The average Bonchev–Trinajstić information content (AvgIpc) is 2.94. The Hall–Kier alpha value is -1.54. The van der Waals surface area contributed by atoms with Gasteiger partial charge in [-0.2, -0.15) is 0 Å². The van der Waals surface area contributed by atoms with Crippen LogP contribution in [0.15, 0.2) is 47.1 Å². The summed E-state index contributed by atoms with van der Waals surface area (Å²) in [5, 5.41) is 3.56. The number of hydrogen-bond donors (Lipinski definition) is 1. The summed E-state index contributed by atoms with van der Waals surface area (Å²) in [5.74, 6) is 0.981. The Labute approximate surface area is 115 Å². The van der Waals surface area contributed by atoms with Crippen molar-refractivity contribution in [3.63, 3.8) is 0 Å². The zero-order valence-corrected chi connectivity index (χ0v) is 12.0. The zero-order valence-electron chi connectivity index (χ0n) is 12.0. The molecule has 2 nitrogen and oxygen atoms in total. The predicted octanol–water partition coefficient (Wildman–Crippen LogP) is 4.64. The summed E-state index contributed by atoms with van der Waals surface area (Å²) in [6.45, 7) is 6.53. The third-order valence-corrected chi connectivity index (χ3v) is 3.49. The van der Waals surface area contributed by atoms with Crippen molar-refractivity contribution in [2.75, 3.05) is 0 Å². The van der Waals surface area contributed by atoms with Crippen LogP contribution in [0.2, 0.25) is 0 Å². The predicted molar refractivity (Wildman–Crippen MR) is 79.1 cm³/mol. The van der Waals surface area contributed by atoms with Crippen LogP contribution < -0.4 is 5.32 Å². The topological polar surface area (TPSA) is 25.2 Å². The molecule has 0 aliphatic heterocycles. The number of benzene rings is 1. The van der Waals surface area contributed by atoms with Gasteiger partial charge >= 0.3 is 0 Å². The van der Waals surface area contributed by atoms with Crippen molar-refractivity contribution in [1.29, 1.82) is 0 Å². The van der Waals surface area contributed by atoms with Crippen LogP contribution >= 0.6 is 0 Å². The van der Waals surface area contributed by atoms with Crippen molar-refractivity contribution >= 4 is 0 Å². The van der Waals surface area contributed by atoms with Gasteiger partial charge in [-0.3, -0.25) is 0 Å². The molecule has 2 rings (SSSR count). The fourth-order valence-corrected chi connectivity index (χ4v) is 2.35. The minimum Gasteiger partial charge on any atom is -0.468 e. The molecule has 0 spiro atoms. The lowest BCUT2D eigenvalue weighted by molar-refractivity contribution is 0.403. The van der Waals surface area contributed by atoms with E-state index in [2.05, 4.69) is 50.4 Å². The first-order chi connectivity index (χ1) is 9.20.